The minimum absolute atomic E-state index is 0.118. The van der Waals surface area contributed by atoms with Crippen LogP contribution >= 0.6 is 0 Å². The van der Waals surface area contributed by atoms with E-state index in [0.29, 0.717) is 17.1 Å². The molecule has 0 fully saturated rings. The molecule has 0 unspecified atom stereocenters. The van der Waals surface area contributed by atoms with Gasteiger partial charge in [-0.15, -0.1) is 0 Å². The van der Waals surface area contributed by atoms with Crippen molar-refractivity contribution >= 4 is 5.78 Å². The summed E-state index contributed by atoms with van der Waals surface area (Å²) in [6.45, 7) is 3.93. The largest absolute Gasteiger partial charge is 0.496 e. The Hall–Kier alpha value is -2.03. The van der Waals surface area contributed by atoms with Gasteiger partial charge in [0.1, 0.15) is 11.5 Å². The SMILES string of the molecule is CCc1ccc(C(=O)c2ccc(C)c(OC)c2)o1. The molecule has 2 aromatic rings. The predicted molar refractivity (Wildman–Crippen MR) is 69.2 cm³/mol. The molecule has 3 heteroatoms. The molecule has 0 radical (unpaired) electrons. The van der Waals surface area contributed by atoms with Gasteiger partial charge in [-0.3, -0.25) is 4.79 Å². The Morgan fingerprint density at radius 3 is 2.67 bits per heavy atom. The summed E-state index contributed by atoms with van der Waals surface area (Å²) in [4.78, 5) is 12.2. The quantitative estimate of drug-likeness (QED) is 0.774. The van der Waals surface area contributed by atoms with Crippen LogP contribution < -0.4 is 4.74 Å². The molecule has 0 saturated heterocycles. The third-order valence-electron chi connectivity index (χ3n) is 2.90. The number of carbonyl (C=O) groups is 1. The topological polar surface area (TPSA) is 39.4 Å². The third-order valence-corrected chi connectivity index (χ3v) is 2.90. The Bertz CT molecular complexity index is 567. The number of furan rings is 1. The summed E-state index contributed by atoms with van der Waals surface area (Å²) in [5.74, 6) is 1.78. The molecule has 0 amide bonds. The van der Waals surface area contributed by atoms with Gasteiger partial charge in [0, 0.05) is 12.0 Å². The Kier molecular flexibility index (Phi) is 3.51. The lowest BCUT2D eigenvalue weighted by Gasteiger charge is -2.06. The van der Waals surface area contributed by atoms with Crippen molar-refractivity contribution in [1.82, 2.24) is 0 Å². The van der Waals surface area contributed by atoms with Crippen LogP contribution in [0.25, 0.3) is 0 Å². The minimum Gasteiger partial charge on any atom is -0.496 e. The molecular weight excluding hydrogens is 228 g/mol. The van der Waals surface area contributed by atoms with Gasteiger partial charge in [-0.25, -0.2) is 0 Å². The van der Waals surface area contributed by atoms with Crippen molar-refractivity contribution in [2.75, 3.05) is 7.11 Å². The van der Waals surface area contributed by atoms with Crippen LogP contribution in [0.3, 0.4) is 0 Å². The van der Waals surface area contributed by atoms with Crippen LogP contribution in [-0.4, -0.2) is 12.9 Å². The maximum Gasteiger partial charge on any atom is 0.228 e. The molecule has 0 N–H and O–H groups in total. The molecule has 2 rings (SSSR count). The Balaban J connectivity index is 2.33. The van der Waals surface area contributed by atoms with Crippen molar-refractivity contribution in [2.24, 2.45) is 0 Å². The summed E-state index contributed by atoms with van der Waals surface area (Å²) in [7, 11) is 1.60. The van der Waals surface area contributed by atoms with Gasteiger partial charge in [0.15, 0.2) is 5.76 Å². The van der Waals surface area contributed by atoms with Crippen LogP contribution in [0.1, 0.15) is 34.4 Å². The van der Waals surface area contributed by atoms with E-state index in [4.69, 9.17) is 9.15 Å². The second-order valence-corrected chi connectivity index (χ2v) is 4.13. The zero-order valence-electron chi connectivity index (χ0n) is 10.8. The van der Waals surface area contributed by atoms with Crippen LogP contribution in [0.2, 0.25) is 0 Å². The highest BCUT2D eigenvalue weighted by molar-refractivity contribution is 6.07. The summed E-state index contributed by atoms with van der Waals surface area (Å²) in [6, 6.07) is 8.95. The maximum atomic E-state index is 12.2. The molecule has 0 saturated carbocycles. The Labute approximate surface area is 106 Å². The molecule has 0 atom stereocenters. The second kappa shape index (κ2) is 5.08. The lowest BCUT2D eigenvalue weighted by molar-refractivity contribution is 0.101. The van der Waals surface area contributed by atoms with Crippen molar-refractivity contribution in [3.8, 4) is 5.75 Å². The van der Waals surface area contributed by atoms with Crippen molar-refractivity contribution in [2.45, 2.75) is 20.3 Å². The summed E-state index contributed by atoms with van der Waals surface area (Å²) in [6.07, 6.45) is 0.782. The van der Waals surface area contributed by atoms with E-state index in [2.05, 4.69) is 0 Å². The first-order valence-electron chi connectivity index (χ1n) is 5.93. The molecule has 1 aromatic heterocycles. The highest BCUT2D eigenvalue weighted by atomic mass is 16.5. The van der Waals surface area contributed by atoms with E-state index in [9.17, 15) is 4.79 Å². The number of carbonyl (C=O) groups excluding carboxylic acids is 1. The molecule has 0 aliphatic carbocycles. The molecule has 1 heterocycles. The van der Waals surface area contributed by atoms with Gasteiger partial charge in [0.25, 0.3) is 0 Å². The first kappa shape index (κ1) is 12.4. The van der Waals surface area contributed by atoms with E-state index in [1.807, 2.05) is 26.0 Å². The average molecular weight is 244 g/mol. The monoisotopic (exact) mass is 244 g/mol. The van der Waals surface area contributed by atoms with E-state index >= 15 is 0 Å². The van der Waals surface area contributed by atoms with E-state index in [1.54, 1.807) is 25.3 Å². The third kappa shape index (κ3) is 2.30. The van der Waals surface area contributed by atoms with Crippen molar-refractivity contribution in [3.63, 3.8) is 0 Å². The smallest absolute Gasteiger partial charge is 0.228 e. The number of aryl methyl sites for hydroxylation is 2. The fraction of sp³-hybridized carbons (Fsp3) is 0.267. The van der Waals surface area contributed by atoms with Gasteiger partial charge < -0.3 is 9.15 Å². The molecular formula is C15H16O3. The lowest BCUT2D eigenvalue weighted by Crippen LogP contribution is -2.00. The van der Waals surface area contributed by atoms with Crippen molar-refractivity contribution in [1.29, 1.82) is 0 Å². The first-order valence-corrected chi connectivity index (χ1v) is 5.93. The van der Waals surface area contributed by atoms with Gasteiger partial charge in [-0.05, 0) is 30.7 Å². The van der Waals surface area contributed by atoms with E-state index in [-0.39, 0.29) is 5.78 Å². The van der Waals surface area contributed by atoms with E-state index < -0.39 is 0 Å². The summed E-state index contributed by atoms with van der Waals surface area (Å²) in [5, 5.41) is 0. The Morgan fingerprint density at radius 1 is 1.28 bits per heavy atom. The number of hydrogen-bond acceptors (Lipinski definition) is 3. The number of hydrogen-bond donors (Lipinski definition) is 0. The standard InChI is InChI=1S/C15H16O3/c1-4-12-7-8-13(18-12)15(16)11-6-5-10(2)14(9-11)17-3/h5-9H,4H2,1-3H3. The zero-order chi connectivity index (χ0) is 13.1. The van der Waals surface area contributed by atoms with Crippen LogP contribution in [-0.2, 0) is 6.42 Å². The van der Waals surface area contributed by atoms with Gasteiger partial charge >= 0.3 is 0 Å². The first-order chi connectivity index (χ1) is 8.65. The molecule has 94 valence electrons. The van der Waals surface area contributed by atoms with Gasteiger partial charge in [0.2, 0.25) is 5.78 Å². The second-order valence-electron chi connectivity index (χ2n) is 4.13. The molecule has 18 heavy (non-hydrogen) atoms. The number of ether oxygens (including phenoxy) is 1. The average Bonchev–Trinajstić information content (AvgIpc) is 2.87. The molecule has 1 aromatic carbocycles. The maximum absolute atomic E-state index is 12.2. The molecule has 0 aliphatic heterocycles. The van der Waals surface area contributed by atoms with Crippen LogP contribution in [0, 0.1) is 6.92 Å². The van der Waals surface area contributed by atoms with Crippen LogP contribution in [0.15, 0.2) is 34.7 Å². The van der Waals surface area contributed by atoms with Gasteiger partial charge in [-0.1, -0.05) is 19.1 Å². The highest BCUT2D eigenvalue weighted by Crippen LogP contribution is 2.21. The number of benzene rings is 1. The summed E-state index contributed by atoms with van der Waals surface area (Å²) >= 11 is 0. The molecule has 0 aliphatic rings. The van der Waals surface area contributed by atoms with Crippen LogP contribution in [0.5, 0.6) is 5.75 Å². The minimum atomic E-state index is -0.118. The number of ketones is 1. The normalized spacial score (nSPS) is 10.4. The molecule has 0 bridgehead atoms. The fourth-order valence-electron chi connectivity index (χ4n) is 1.79. The zero-order valence-corrected chi connectivity index (χ0v) is 10.8. The number of methoxy groups -OCH3 is 1. The summed E-state index contributed by atoms with van der Waals surface area (Å²) < 4.78 is 10.7. The van der Waals surface area contributed by atoms with Gasteiger partial charge in [-0.2, -0.15) is 0 Å². The number of rotatable bonds is 4. The van der Waals surface area contributed by atoms with E-state index in [1.165, 1.54) is 0 Å². The summed E-state index contributed by atoms with van der Waals surface area (Å²) in [5.41, 5.74) is 1.58. The molecule has 3 nitrogen and oxygen atoms in total. The lowest BCUT2D eigenvalue weighted by atomic mass is 10.1. The Morgan fingerprint density at radius 2 is 2.06 bits per heavy atom. The van der Waals surface area contributed by atoms with Gasteiger partial charge in [0.05, 0.1) is 7.11 Å². The fourth-order valence-corrected chi connectivity index (χ4v) is 1.79. The van der Waals surface area contributed by atoms with Crippen molar-refractivity contribution in [3.05, 3.63) is 53.0 Å². The predicted octanol–water partition coefficient (Wildman–Crippen LogP) is 3.39. The molecule has 0 spiro atoms. The van der Waals surface area contributed by atoms with Crippen molar-refractivity contribution < 1.29 is 13.9 Å². The van der Waals surface area contributed by atoms with E-state index in [0.717, 1.165) is 17.7 Å². The highest BCUT2D eigenvalue weighted by Gasteiger charge is 2.14. The van der Waals surface area contributed by atoms with Crippen LogP contribution in [0.4, 0.5) is 0 Å².